The van der Waals surface area contributed by atoms with Gasteiger partial charge in [-0.25, -0.2) is 9.97 Å². The van der Waals surface area contributed by atoms with Gasteiger partial charge in [-0.2, -0.15) is 9.97 Å². The Kier molecular flexibility index (Phi) is 16.9. The van der Waals surface area contributed by atoms with Gasteiger partial charge < -0.3 is 59.3 Å². The molecule has 84 heavy (non-hydrogen) atoms. The fraction of sp³-hybridized carbons (Fsp3) is 0.419. The quantitative estimate of drug-likeness (QED) is 0.144. The van der Waals surface area contributed by atoms with E-state index in [4.69, 9.17) is 19.4 Å². The number of nitrogens with one attached hydrogen (secondary N) is 2. The average Bonchev–Trinajstić information content (AvgIpc) is 3.71. The van der Waals surface area contributed by atoms with Crippen molar-refractivity contribution in [3.05, 3.63) is 120 Å². The Bertz CT molecular complexity index is 3180. The van der Waals surface area contributed by atoms with Crippen LogP contribution in [0.25, 0.3) is 0 Å². The molecule has 8 heterocycles. The number of piperazine rings is 2. The molecule has 6 aromatic rings. The molecule has 2 N–H and O–H groups in total. The van der Waals surface area contributed by atoms with Crippen molar-refractivity contribution in [1.82, 2.24) is 49.3 Å². The number of ether oxygens (including phenoxy) is 2. The van der Waals surface area contributed by atoms with Crippen molar-refractivity contribution in [3.63, 3.8) is 0 Å². The minimum atomic E-state index is -0.119. The molecule has 0 bridgehead atoms. The number of amides is 4. The zero-order chi connectivity index (χ0) is 58.8. The van der Waals surface area contributed by atoms with E-state index in [1.165, 1.54) is 0 Å². The number of likely N-dealkylation sites (N-methyl/N-ethyl adjacent to an activating group) is 2. The molecule has 22 heteroatoms. The number of hydrogen-bond donors (Lipinski definition) is 2. The lowest BCUT2D eigenvalue weighted by Gasteiger charge is -2.42. The highest BCUT2D eigenvalue weighted by molar-refractivity contribution is 6.14. The minimum Gasteiger partial charge on any atom is -0.495 e. The van der Waals surface area contributed by atoms with Crippen molar-refractivity contribution in [2.24, 2.45) is 0 Å². The van der Waals surface area contributed by atoms with Gasteiger partial charge in [0.05, 0.1) is 60.5 Å². The van der Waals surface area contributed by atoms with Crippen molar-refractivity contribution in [2.75, 3.05) is 165 Å². The monoisotopic (exact) mass is 1140 g/mol. The third-order valence-corrected chi connectivity index (χ3v) is 17.5. The number of carbonyl (C=O) groups is 4. The molecule has 0 aliphatic carbocycles. The molecule has 440 valence electrons. The van der Waals surface area contributed by atoms with Gasteiger partial charge in [0.2, 0.25) is 11.9 Å². The van der Waals surface area contributed by atoms with Crippen LogP contribution < -0.4 is 39.7 Å². The maximum atomic E-state index is 13.4. The summed E-state index contributed by atoms with van der Waals surface area (Å²) in [6, 6.07) is 26.9. The Morgan fingerprint density at radius 3 is 1.20 bits per heavy atom. The molecule has 2 aromatic heterocycles. The summed E-state index contributed by atoms with van der Waals surface area (Å²) in [5, 5.41) is 6.49. The predicted octanol–water partition coefficient (Wildman–Crippen LogP) is 6.88. The molecule has 4 fully saturated rings. The second kappa shape index (κ2) is 24.8. The van der Waals surface area contributed by atoms with Gasteiger partial charge in [0.25, 0.3) is 23.6 Å². The fourth-order valence-electron chi connectivity index (χ4n) is 12.2. The van der Waals surface area contributed by atoms with E-state index in [1.54, 1.807) is 62.6 Å². The third kappa shape index (κ3) is 11.7. The number of piperidine rings is 2. The smallest absolute Gasteiger partial charge is 0.260 e. The van der Waals surface area contributed by atoms with Gasteiger partial charge in [-0.15, -0.1) is 0 Å². The highest BCUT2D eigenvalue weighted by atomic mass is 16.5. The van der Waals surface area contributed by atoms with E-state index in [1.807, 2.05) is 106 Å². The van der Waals surface area contributed by atoms with Crippen LogP contribution in [0.3, 0.4) is 0 Å². The molecule has 4 aromatic carbocycles. The van der Waals surface area contributed by atoms with Crippen molar-refractivity contribution in [3.8, 4) is 11.5 Å². The van der Waals surface area contributed by atoms with E-state index in [9.17, 15) is 19.2 Å². The normalized spacial score (nSPS) is 18.4. The van der Waals surface area contributed by atoms with Gasteiger partial charge in [0, 0.05) is 130 Å². The molecular formula is C62H76N16O6. The van der Waals surface area contributed by atoms with Crippen LogP contribution in [0.2, 0.25) is 0 Å². The first-order valence-corrected chi connectivity index (χ1v) is 29.0. The maximum Gasteiger partial charge on any atom is 0.260 e. The molecule has 0 saturated carbocycles. The number of methoxy groups -OCH3 is 2. The van der Waals surface area contributed by atoms with Crippen molar-refractivity contribution < 1.29 is 28.7 Å². The topological polar surface area (TPSA) is 195 Å². The zero-order valence-corrected chi connectivity index (χ0v) is 49.4. The molecule has 0 unspecified atom stereocenters. The van der Waals surface area contributed by atoms with E-state index < -0.39 is 0 Å². The van der Waals surface area contributed by atoms with Gasteiger partial charge in [-0.3, -0.25) is 29.0 Å². The number of benzene rings is 4. The van der Waals surface area contributed by atoms with Crippen molar-refractivity contribution >= 4 is 81.3 Å². The number of rotatable bonds is 10. The molecule has 0 atom stereocenters. The molecular weight excluding hydrogens is 1060 g/mol. The van der Waals surface area contributed by atoms with Crippen LogP contribution >= 0.6 is 0 Å². The molecule has 22 nitrogen and oxygen atoms in total. The Balaban J connectivity index is 0.000000175. The Morgan fingerprint density at radius 2 is 0.833 bits per heavy atom. The molecule has 4 saturated heterocycles. The first-order chi connectivity index (χ1) is 40.7. The van der Waals surface area contributed by atoms with E-state index in [0.29, 0.717) is 92.1 Å². The molecule has 4 amide bonds. The lowest BCUT2D eigenvalue weighted by atomic mass is 10.0. The molecule has 0 spiro atoms. The summed E-state index contributed by atoms with van der Waals surface area (Å²) in [5.41, 5.74) is 6.41. The van der Waals surface area contributed by atoms with Gasteiger partial charge in [0.15, 0.2) is 11.6 Å². The summed E-state index contributed by atoms with van der Waals surface area (Å²) in [7, 11) is 14.7. The second-order valence-electron chi connectivity index (χ2n) is 22.5. The number of likely N-dealkylation sites (tertiary alicyclic amines) is 2. The minimum absolute atomic E-state index is 0.0194. The fourth-order valence-corrected chi connectivity index (χ4v) is 12.2. The first-order valence-electron chi connectivity index (χ1n) is 29.0. The summed E-state index contributed by atoms with van der Waals surface area (Å²) in [6.07, 6.45) is 7.29. The number of para-hydroxylation sites is 2. The Hall–Kier alpha value is -8.44. The number of fused-ring (bicyclic) bond motifs is 4. The second-order valence-corrected chi connectivity index (χ2v) is 22.5. The van der Waals surface area contributed by atoms with Crippen LogP contribution in [-0.4, -0.2) is 220 Å². The number of carbonyl (C=O) groups excluding carboxylic acids is 4. The summed E-state index contributed by atoms with van der Waals surface area (Å²) in [6.45, 7) is 11.9. The van der Waals surface area contributed by atoms with E-state index in [0.717, 1.165) is 116 Å². The van der Waals surface area contributed by atoms with Crippen molar-refractivity contribution in [2.45, 2.75) is 37.8 Å². The van der Waals surface area contributed by atoms with Gasteiger partial charge in [-0.1, -0.05) is 24.3 Å². The van der Waals surface area contributed by atoms with Gasteiger partial charge in [-0.05, 0) is 100 Å². The van der Waals surface area contributed by atoms with Crippen LogP contribution in [0.1, 0.15) is 67.1 Å². The van der Waals surface area contributed by atoms with Gasteiger partial charge >= 0.3 is 0 Å². The summed E-state index contributed by atoms with van der Waals surface area (Å²) < 4.78 is 11.3. The van der Waals surface area contributed by atoms with Gasteiger partial charge in [0.1, 0.15) is 22.9 Å². The number of nitrogens with zero attached hydrogens (tertiary/aromatic N) is 14. The van der Waals surface area contributed by atoms with Crippen LogP contribution in [0.15, 0.2) is 97.3 Å². The summed E-state index contributed by atoms with van der Waals surface area (Å²) in [5.74, 6) is 2.75. The zero-order valence-electron chi connectivity index (χ0n) is 49.4. The van der Waals surface area contributed by atoms with Crippen LogP contribution in [0.5, 0.6) is 11.5 Å². The molecule has 6 aliphatic heterocycles. The van der Waals surface area contributed by atoms with Crippen LogP contribution in [0.4, 0.5) is 57.7 Å². The number of hydrogen-bond acceptors (Lipinski definition) is 18. The molecule has 0 radical (unpaired) electrons. The highest BCUT2D eigenvalue weighted by Crippen LogP contribution is 2.41. The number of anilines is 10. The third-order valence-electron chi connectivity index (χ3n) is 17.5. The predicted molar refractivity (Wildman–Crippen MR) is 327 cm³/mol. The van der Waals surface area contributed by atoms with Crippen LogP contribution in [-0.2, 0) is 0 Å². The average molecular weight is 1140 g/mol. The SMILES string of the molecule is COc1cc(C(=O)N2CCC(N3CCN(C)CC3)CC2)ccc1Nc1ncc2c(n1)N(C)c1ccccc1C(=O)N2C.COc1cc(C(=O)N2CCC(N3CCN(C)CC3)CC2)ccc1Nc1ncc2c(n1)N(C)c1ccccc1C(=O)N2C. The number of aromatic nitrogens is 4. The first kappa shape index (κ1) is 57.4. The molecule has 12 rings (SSSR count). The Labute approximate surface area is 491 Å². The molecule has 6 aliphatic rings. The lowest BCUT2D eigenvalue weighted by molar-refractivity contribution is 0.0513. The standard InChI is InChI=1S/2C31H38N8O3/c2*1-35-15-17-38(18-16-35)22-11-13-39(14-12-22)29(40)21-9-10-24(27(19-21)42-4)33-31-32-20-26-28(34-31)36(2)25-8-6-5-7-23(25)30(41)37(26)3/h2*5-10,19-20,22H,11-18H2,1-4H3,(H,32,33,34). The summed E-state index contributed by atoms with van der Waals surface area (Å²) >= 11 is 0. The summed E-state index contributed by atoms with van der Waals surface area (Å²) in [4.78, 5) is 92.2. The van der Waals surface area contributed by atoms with E-state index in [-0.39, 0.29) is 23.6 Å². The Morgan fingerprint density at radius 1 is 0.464 bits per heavy atom. The van der Waals surface area contributed by atoms with Crippen molar-refractivity contribution in [1.29, 1.82) is 0 Å². The largest absolute Gasteiger partial charge is 0.495 e. The lowest BCUT2D eigenvalue weighted by Crippen LogP contribution is -2.52. The van der Waals surface area contributed by atoms with Crippen LogP contribution in [0, 0.1) is 0 Å². The van der Waals surface area contributed by atoms with E-state index in [2.05, 4.69) is 54.3 Å². The highest BCUT2D eigenvalue weighted by Gasteiger charge is 2.34. The van der Waals surface area contributed by atoms with E-state index >= 15 is 0 Å². The maximum absolute atomic E-state index is 13.4.